The predicted octanol–water partition coefficient (Wildman–Crippen LogP) is 3.40. The van der Waals surface area contributed by atoms with Crippen molar-refractivity contribution in [3.05, 3.63) is 77.9 Å². The van der Waals surface area contributed by atoms with E-state index in [2.05, 4.69) is 15.5 Å². The Labute approximate surface area is 260 Å². The van der Waals surface area contributed by atoms with Gasteiger partial charge in [0.05, 0.1) is 32.4 Å². The topological polar surface area (TPSA) is 128 Å². The second kappa shape index (κ2) is 13.3. The average Bonchev–Trinajstić information content (AvgIpc) is 3.46. The van der Waals surface area contributed by atoms with Crippen molar-refractivity contribution >= 4 is 28.8 Å². The van der Waals surface area contributed by atoms with Gasteiger partial charge in [0, 0.05) is 25.2 Å². The lowest BCUT2D eigenvalue weighted by Gasteiger charge is -2.39. The van der Waals surface area contributed by atoms with E-state index in [-0.39, 0.29) is 50.0 Å². The highest BCUT2D eigenvalue weighted by Crippen LogP contribution is 2.33. The zero-order chi connectivity index (χ0) is 31.3. The van der Waals surface area contributed by atoms with E-state index in [4.69, 9.17) is 14.2 Å². The Morgan fingerprint density at radius 1 is 1.04 bits per heavy atom. The van der Waals surface area contributed by atoms with Gasteiger partial charge < -0.3 is 29.3 Å². The van der Waals surface area contributed by atoms with Gasteiger partial charge in [0.2, 0.25) is 11.8 Å². The van der Waals surface area contributed by atoms with Crippen molar-refractivity contribution in [3.63, 3.8) is 0 Å². The first-order chi connectivity index (χ1) is 21.9. The van der Waals surface area contributed by atoms with Crippen LogP contribution in [-0.2, 0) is 27.5 Å². The van der Waals surface area contributed by atoms with Gasteiger partial charge in [0.15, 0.2) is 11.5 Å². The van der Waals surface area contributed by atoms with Crippen LogP contribution in [0.4, 0.5) is 0 Å². The van der Waals surface area contributed by atoms with E-state index in [9.17, 15) is 14.4 Å². The van der Waals surface area contributed by atoms with Crippen LogP contribution in [0.2, 0.25) is 0 Å². The molecule has 4 aromatic rings. The summed E-state index contributed by atoms with van der Waals surface area (Å²) in [6, 6.07) is 19.6. The highest BCUT2D eigenvalue weighted by Gasteiger charge is 2.34. The maximum Gasteiger partial charge on any atom is 0.254 e. The molecule has 0 spiro atoms. The second-order valence-electron chi connectivity index (χ2n) is 11.2. The van der Waals surface area contributed by atoms with E-state index < -0.39 is 6.10 Å². The van der Waals surface area contributed by atoms with Gasteiger partial charge in [-0.3, -0.25) is 14.4 Å². The normalized spacial score (nSPS) is 19.1. The Balaban J connectivity index is 1.25. The molecule has 2 aliphatic rings. The molecule has 0 aliphatic carbocycles. The summed E-state index contributed by atoms with van der Waals surface area (Å²) in [5.41, 5.74) is 2.68. The summed E-state index contributed by atoms with van der Waals surface area (Å²) >= 11 is 0. The predicted molar refractivity (Wildman–Crippen MR) is 165 cm³/mol. The number of carbonyl (C=O) groups excluding carboxylic acids is 3. The molecule has 0 radical (unpaired) electrons. The molecule has 0 unspecified atom stereocenters. The lowest BCUT2D eigenvalue weighted by molar-refractivity contribution is -0.138. The van der Waals surface area contributed by atoms with Crippen LogP contribution in [0.25, 0.3) is 11.0 Å². The number of piperidine rings is 1. The monoisotopic (exact) mass is 612 g/mol. The number of benzene rings is 3. The number of ether oxygens (including phenoxy) is 3. The van der Waals surface area contributed by atoms with Crippen LogP contribution in [0.1, 0.15) is 35.7 Å². The third-order valence-corrected chi connectivity index (χ3v) is 7.98. The molecule has 2 atom stereocenters. The first-order valence-electron chi connectivity index (χ1n) is 15.1. The van der Waals surface area contributed by atoms with Crippen molar-refractivity contribution in [2.24, 2.45) is 0 Å². The van der Waals surface area contributed by atoms with Crippen LogP contribution in [0.3, 0.4) is 0 Å². The minimum absolute atomic E-state index is 0.00445. The zero-order valence-corrected chi connectivity index (χ0v) is 25.3. The van der Waals surface area contributed by atoms with E-state index >= 15 is 0 Å². The van der Waals surface area contributed by atoms with Gasteiger partial charge in [0.1, 0.15) is 23.3 Å². The number of nitrogens with zero attached hydrogens (tertiary/aromatic N) is 5. The van der Waals surface area contributed by atoms with Crippen LogP contribution < -0.4 is 14.8 Å². The minimum atomic E-state index is -0.489. The highest BCUT2D eigenvalue weighted by molar-refractivity contribution is 5.97. The summed E-state index contributed by atoms with van der Waals surface area (Å²) in [4.78, 5) is 45.0. The molecule has 6 rings (SSSR count). The van der Waals surface area contributed by atoms with E-state index in [1.54, 1.807) is 23.1 Å². The maximum absolute atomic E-state index is 13.6. The number of hydrogen-bond acceptors (Lipinski definition) is 8. The second-order valence-corrected chi connectivity index (χ2v) is 11.2. The van der Waals surface area contributed by atoms with Gasteiger partial charge in [0.25, 0.3) is 5.91 Å². The Morgan fingerprint density at radius 3 is 2.60 bits per heavy atom. The maximum atomic E-state index is 13.6. The number of carbonyl (C=O) groups is 3. The lowest BCUT2D eigenvalue weighted by Crippen LogP contribution is -2.57. The molecular formula is C33H36N6O6. The van der Waals surface area contributed by atoms with Crippen molar-refractivity contribution in [2.45, 2.75) is 45.1 Å². The molecule has 1 N–H and O–H groups in total. The number of fused-ring (bicyclic) bond motifs is 6. The summed E-state index contributed by atoms with van der Waals surface area (Å²) in [6.45, 7) is 3.19. The number of aromatic nitrogens is 3. The zero-order valence-electron chi connectivity index (χ0n) is 25.3. The molecule has 3 amide bonds. The van der Waals surface area contributed by atoms with Crippen LogP contribution >= 0.6 is 0 Å². The number of rotatable bonds is 5. The fraction of sp³-hybridized carbons (Fsp3) is 0.364. The van der Waals surface area contributed by atoms with Gasteiger partial charge >= 0.3 is 0 Å². The number of likely N-dealkylation sites (tertiary alicyclic amines) is 1. The van der Waals surface area contributed by atoms with Gasteiger partial charge in [-0.05, 0) is 60.9 Å². The van der Waals surface area contributed by atoms with E-state index in [0.717, 1.165) is 16.6 Å². The van der Waals surface area contributed by atoms with Gasteiger partial charge in [-0.1, -0.05) is 31.2 Å². The summed E-state index contributed by atoms with van der Waals surface area (Å²) < 4.78 is 18.1. The van der Waals surface area contributed by atoms with Gasteiger partial charge in [-0.2, -0.15) is 15.0 Å². The Kier molecular flexibility index (Phi) is 8.92. The fourth-order valence-electron chi connectivity index (χ4n) is 5.72. The molecule has 4 bridgehead atoms. The van der Waals surface area contributed by atoms with Crippen LogP contribution in [0.15, 0.2) is 66.7 Å². The first kappa shape index (κ1) is 30.1. The van der Waals surface area contributed by atoms with E-state index in [1.165, 1.54) is 16.8 Å². The molecule has 45 heavy (non-hydrogen) atoms. The number of hydrogen-bond donors (Lipinski definition) is 1. The summed E-state index contributed by atoms with van der Waals surface area (Å²) in [7, 11) is 1.54. The minimum Gasteiger partial charge on any atom is -0.493 e. The number of methoxy groups -OCH3 is 1. The fourth-order valence-corrected chi connectivity index (χ4v) is 5.72. The van der Waals surface area contributed by atoms with Gasteiger partial charge in [-0.15, -0.1) is 0 Å². The van der Waals surface area contributed by atoms with Crippen molar-refractivity contribution in [2.75, 3.05) is 33.3 Å². The van der Waals surface area contributed by atoms with E-state index in [1.807, 2.05) is 55.5 Å². The van der Waals surface area contributed by atoms with Crippen LogP contribution in [0.5, 0.6) is 17.2 Å². The van der Waals surface area contributed by atoms with Crippen LogP contribution in [-0.4, -0.2) is 87.9 Å². The molecule has 1 aromatic heterocycles. The smallest absolute Gasteiger partial charge is 0.254 e. The molecule has 1 fully saturated rings. The first-order valence-corrected chi connectivity index (χ1v) is 15.1. The molecule has 0 saturated carbocycles. The summed E-state index contributed by atoms with van der Waals surface area (Å²) in [5.74, 6) is 0.704. The summed E-state index contributed by atoms with van der Waals surface area (Å²) in [5, 5.41) is 11.9. The Hall–Kier alpha value is -4.97. The Bertz CT molecular complexity index is 1670. The largest absolute Gasteiger partial charge is 0.493 e. The molecule has 12 nitrogen and oxygen atoms in total. The quantitative estimate of drug-likeness (QED) is 0.363. The Morgan fingerprint density at radius 2 is 1.84 bits per heavy atom. The molecular weight excluding hydrogens is 576 g/mol. The van der Waals surface area contributed by atoms with Crippen LogP contribution in [0, 0.1) is 0 Å². The SMILES string of the molecule is CCCN1CC(=O)N[C@H]2CCN(C(=O)Cn3nc4ccccc4n3)C[C@@H]2OCc2cccc(c2)Oc2cc(ccc2OC)C1=O. The third-order valence-electron chi connectivity index (χ3n) is 7.98. The third kappa shape index (κ3) is 6.91. The lowest BCUT2D eigenvalue weighted by atomic mass is 10.0. The molecule has 1 saturated heterocycles. The van der Waals surface area contributed by atoms with E-state index in [0.29, 0.717) is 48.7 Å². The summed E-state index contributed by atoms with van der Waals surface area (Å²) in [6.07, 6.45) is 0.679. The van der Waals surface area contributed by atoms with Crippen molar-refractivity contribution in [3.8, 4) is 17.2 Å². The molecule has 2 aliphatic heterocycles. The van der Waals surface area contributed by atoms with Gasteiger partial charge in [-0.25, -0.2) is 0 Å². The van der Waals surface area contributed by atoms with Crippen molar-refractivity contribution < 1.29 is 28.6 Å². The molecule has 3 aromatic carbocycles. The van der Waals surface area contributed by atoms with Crippen molar-refractivity contribution in [1.29, 1.82) is 0 Å². The number of nitrogens with one attached hydrogen (secondary N) is 1. The molecule has 12 heteroatoms. The van der Waals surface area contributed by atoms with Crippen molar-refractivity contribution in [1.82, 2.24) is 30.1 Å². The molecule has 234 valence electrons. The highest BCUT2D eigenvalue weighted by atomic mass is 16.5. The molecule has 3 heterocycles. The standard InChI is InChI=1S/C33H36N6O6/c1-3-14-38-19-31(40)34-27-13-15-37(32(41)20-39-35-25-9-4-5-10-26(25)36-39)18-30(27)44-21-22-7-6-8-24(16-22)45-29-17-23(33(38)42)11-12-28(29)43-2/h4-12,16-17,27,30H,3,13-15,18-21H2,1-2H3,(H,34,40)/t27-,30-/m0/s1. The number of amides is 3. The average molecular weight is 613 g/mol.